The summed E-state index contributed by atoms with van der Waals surface area (Å²) in [4.78, 5) is 0. The van der Waals surface area contributed by atoms with Crippen molar-refractivity contribution in [1.82, 2.24) is 0 Å². The van der Waals surface area contributed by atoms with Crippen molar-refractivity contribution in [1.29, 1.82) is 0 Å². The second-order valence-corrected chi connectivity index (χ2v) is 12.1. The number of rotatable bonds is 4. The smallest absolute Gasteiger partial charge is 0.143 e. The van der Waals surface area contributed by atoms with Crippen molar-refractivity contribution in [3.05, 3.63) is 182 Å². The number of fused-ring (bicyclic) bond motifs is 7. The molecule has 0 N–H and O–H groups in total. The zero-order valence-electron chi connectivity index (χ0n) is 35.0. The van der Waals surface area contributed by atoms with Crippen molar-refractivity contribution in [2.75, 3.05) is 0 Å². The van der Waals surface area contributed by atoms with Crippen LogP contribution >= 0.6 is 0 Å². The third-order valence-corrected chi connectivity index (χ3v) is 9.37. The molecular formula is C48H30O. The molecule has 1 heteroatoms. The minimum absolute atomic E-state index is 0.00489. The lowest BCUT2D eigenvalue weighted by Gasteiger charge is -2.20. The highest BCUT2D eigenvalue weighted by Crippen LogP contribution is 2.47. The van der Waals surface area contributed by atoms with E-state index in [1.54, 1.807) is 0 Å². The molecule has 10 rings (SSSR count). The van der Waals surface area contributed by atoms with E-state index >= 15 is 0 Å². The van der Waals surface area contributed by atoms with Crippen molar-refractivity contribution in [2.24, 2.45) is 0 Å². The number of hydrogen-bond donors (Lipinski definition) is 0. The predicted octanol–water partition coefficient (Wildman–Crippen LogP) is 13.7. The Hall–Kier alpha value is -6.44. The van der Waals surface area contributed by atoms with E-state index in [2.05, 4.69) is 48.5 Å². The highest BCUT2D eigenvalue weighted by Gasteiger charge is 2.20. The van der Waals surface area contributed by atoms with Gasteiger partial charge in [0.15, 0.2) is 0 Å². The standard InChI is InChI=1S/C48H30O/c1-2-12-31(13-3-1)32-22-24-34(25-23-32)36-15-6-7-17-38(36)47-41-20-10-8-18-39(41)46(40-19-9-11-21-42(40)47)35-27-29-45-44(30-35)43-28-26-33-14-4-5-16-37(33)48(43)49-45/h1-30H/i4D,5D,14D,16D,26D,27D,28D,29D,30D. The molecule has 1 aromatic heterocycles. The fraction of sp³-hybridized carbons (Fsp3) is 0. The molecule has 228 valence electrons. The molecule has 49 heavy (non-hydrogen) atoms. The number of benzene rings is 9. The Labute approximate surface area is 297 Å². The van der Waals surface area contributed by atoms with E-state index in [9.17, 15) is 4.11 Å². The first-order valence-electron chi connectivity index (χ1n) is 20.6. The van der Waals surface area contributed by atoms with Gasteiger partial charge in [0.05, 0.1) is 12.3 Å². The van der Waals surface area contributed by atoms with Crippen LogP contribution in [0.2, 0.25) is 0 Å². The fourth-order valence-electron chi connectivity index (χ4n) is 7.15. The van der Waals surface area contributed by atoms with Crippen LogP contribution in [0, 0.1) is 0 Å². The largest absolute Gasteiger partial charge is 0.455 e. The first-order chi connectivity index (χ1) is 28.1. The molecule has 0 saturated heterocycles. The molecule has 0 spiro atoms. The average molecular weight is 632 g/mol. The molecule has 0 saturated carbocycles. The van der Waals surface area contributed by atoms with Crippen LogP contribution in [0.15, 0.2) is 186 Å². The van der Waals surface area contributed by atoms with Gasteiger partial charge in [0, 0.05) is 16.2 Å². The molecule has 10 aromatic rings. The van der Waals surface area contributed by atoms with Crippen LogP contribution in [0.4, 0.5) is 0 Å². The summed E-state index contributed by atoms with van der Waals surface area (Å²) < 4.78 is 86.5. The molecule has 0 aliphatic heterocycles. The van der Waals surface area contributed by atoms with E-state index in [0.717, 1.165) is 54.9 Å². The van der Waals surface area contributed by atoms with Gasteiger partial charge in [-0.25, -0.2) is 0 Å². The summed E-state index contributed by atoms with van der Waals surface area (Å²) in [6.07, 6.45) is 0. The molecule has 9 aromatic carbocycles. The summed E-state index contributed by atoms with van der Waals surface area (Å²) in [5, 5.41) is 3.03. The minimum atomic E-state index is -0.537. The maximum Gasteiger partial charge on any atom is 0.143 e. The Morgan fingerprint density at radius 1 is 0.367 bits per heavy atom. The Bertz CT molecular complexity index is 3320. The lowest BCUT2D eigenvalue weighted by molar-refractivity contribution is 0.672. The maximum absolute atomic E-state index is 9.80. The SMILES string of the molecule is [2H]c1c(-c2c3ccccc3c(-c3ccccc3-c3ccc(-c4ccccc4)cc3)c3ccccc23)c([2H])c2c(oc3c4c([2H])c([2H])c([2H])c([2H])c4c([2H])c([2H])c32)c1[2H]. The van der Waals surface area contributed by atoms with E-state index in [-0.39, 0.29) is 62.4 Å². The average Bonchev–Trinajstić information content (AvgIpc) is 3.67. The lowest BCUT2D eigenvalue weighted by atomic mass is 9.83. The maximum atomic E-state index is 9.80. The monoisotopic (exact) mass is 631 g/mol. The molecule has 0 amide bonds. The molecule has 1 nitrogen and oxygen atoms in total. The van der Waals surface area contributed by atoms with Crippen molar-refractivity contribution in [3.8, 4) is 44.5 Å². The molecule has 0 aliphatic rings. The van der Waals surface area contributed by atoms with Crippen LogP contribution < -0.4 is 0 Å². The van der Waals surface area contributed by atoms with Crippen LogP contribution in [-0.2, 0) is 0 Å². The van der Waals surface area contributed by atoms with E-state index in [0.29, 0.717) is 5.56 Å². The van der Waals surface area contributed by atoms with Gasteiger partial charge in [-0.15, -0.1) is 0 Å². The second-order valence-electron chi connectivity index (χ2n) is 12.1. The zero-order valence-corrected chi connectivity index (χ0v) is 26.0. The van der Waals surface area contributed by atoms with Gasteiger partial charge in [0.2, 0.25) is 0 Å². The molecule has 0 radical (unpaired) electrons. The van der Waals surface area contributed by atoms with Gasteiger partial charge in [0.25, 0.3) is 0 Å². The quantitative estimate of drug-likeness (QED) is 0.176. The number of hydrogen-bond acceptors (Lipinski definition) is 1. The Kier molecular flexibility index (Phi) is 4.53. The molecular weight excluding hydrogens is 593 g/mol. The molecule has 0 aliphatic carbocycles. The van der Waals surface area contributed by atoms with E-state index < -0.39 is 30.2 Å². The van der Waals surface area contributed by atoms with Gasteiger partial charge in [-0.05, 0) is 89.6 Å². The highest BCUT2D eigenvalue weighted by atomic mass is 16.3. The first-order valence-corrected chi connectivity index (χ1v) is 16.1. The first kappa shape index (κ1) is 20.0. The Balaban J connectivity index is 1.28. The molecule has 0 fully saturated rings. The van der Waals surface area contributed by atoms with Crippen LogP contribution in [-0.4, -0.2) is 0 Å². The third-order valence-electron chi connectivity index (χ3n) is 9.37. The Morgan fingerprint density at radius 2 is 0.959 bits per heavy atom. The summed E-state index contributed by atoms with van der Waals surface area (Å²) >= 11 is 0. The van der Waals surface area contributed by atoms with Crippen LogP contribution in [0.1, 0.15) is 12.3 Å². The third kappa shape index (κ3) is 4.40. The summed E-state index contributed by atoms with van der Waals surface area (Å²) in [6.45, 7) is 0. The van der Waals surface area contributed by atoms with Crippen LogP contribution in [0.25, 0.3) is 98.8 Å². The summed E-state index contributed by atoms with van der Waals surface area (Å²) in [5.74, 6) is 0. The van der Waals surface area contributed by atoms with E-state index in [1.165, 1.54) is 0 Å². The van der Waals surface area contributed by atoms with Gasteiger partial charge in [-0.1, -0.05) is 164 Å². The van der Waals surface area contributed by atoms with Gasteiger partial charge < -0.3 is 4.42 Å². The fourth-order valence-corrected chi connectivity index (χ4v) is 7.15. The van der Waals surface area contributed by atoms with E-state index in [1.807, 2.05) is 78.9 Å². The molecule has 1 heterocycles. The lowest BCUT2D eigenvalue weighted by Crippen LogP contribution is -1.92. The zero-order chi connectivity index (χ0) is 40.1. The Morgan fingerprint density at radius 3 is 1.69 bits per heavy atom. The van der Waals surface area contributed by atoms with Gasteiger partial charge >= 0.3 is 0 Å². The van der Waals surface area contributed by atoms with E-state index in [4.69, 9.17) is 12.6 Å². The molecule has 0 bridgehead atoms. The van der Waals surface area contributed by atoms with Gasteiger partial charge in [0.1, 0.15) is 11.2 Å². The highest BCUT2D eigenvalue weighted by molar-refractivity contribution is 6.23. The van der Waals surface area contributed by atoms with Crippen molar-refractivity contribution in [2.45, 2.75) is 0 Å². The number of furan rings is 1. The van der Waals surface area contributed by atoms with Crippen molar-refractivity contribution >= 4 is 54.3 Å². The summed E-state index contributed by atoms with van der Waals surface area (Å²) in [6, 6.07) is 39.2. The van der Waals surface area contributed by atoms with Crippen molar-refractivity contribution in [3.63, 3.8) is 0 Å². The predicted molar refractivity (Wildman–Crippen MR) is 208 cm³/mol. The van der Waals surface area contributed by atoms with Crippen molar-refractivity contribution < 1.29 is 16.8 Å². The van der Waals surface area contributed by atoms with Gasteiger partial charge in [-0.2, -0.15) is 0 Å². The molecule has 0 atom stereocenters. The van der Waals surface area contributed by atoms with Crippen LogP contribution in [0.5, 0.6) is 0 Å². The van der Waals surface area contributed by atoms with Crippen LogP contribution in [0.3, 0.4) is 0 Å². The summed E-state index contributed by atoms with van der Waals surface area (Å²) in [7, 11) is 0. The second kappa shape index (κ2) is 11.1. The minimum Gasteiger partial charge on any atom is -0.455 e. The topological polar surface area (TPSA) is 13.1 Å². The van der Waals surface area contributed by atoms with Gasteiger partial charge in [-0.3, -0.25) is 0 Å². The summed E-state index contributed by atoms with van der Waals surface area (Å²) in [5.41, 5.74) is 6.76. The molecule has 0 unspecified atom stereocenters. The normalized spacial score (nSPS) is 14.2.